The second-order valence-electron chi connectivity index (χ2n) is 5.87. The quantitative estimate of drug-likeness (QED) is 0.752. The van der Waals surface area contributed by atoms with Crippen molar-refractivity contribution in [3.05, 3.63) is 47.3 Å². The summed E-state index contributed by atoms with van der Waals surface area (Å²) in [5.74, 6) is 1.38. The number of hydrogen-bond donors (Lipinski definition) is 2. The number of fused-ring (bicyclic) bond motifs is 1. The molecule has 0 aliphatic carbocycles. The zero-order valence-corrected chi connectivity index (χ0v) is 14.6. The molecule has 0 spiro atoms. The van der Waals surface area contributed by atoms with Gasteiger partial charge in [-0.25, -0.2) is 0 Å². The highest BCUT2D eigenvalue weighted by molar-refractivity contribution is 7.15. The molecule has 3 heterocycles. The number of aromatic nitrogens is 2. The molecule has 2 aromatic heterocycles. The summed E-state index contributed by atoms with van der Waals surface area (Å²) in [5, 5.41) is 9.89. The lowest BCUT2D eigenvalue weighted by Gasteiger charge is -2.30. The number of aryl methyl sites for hydroxylation is 1. The highest BCUT2D eigenvalue weighted by Crippen LogP contribution is 2.34. The van der Waals surface area contributed by atoms with E-state index in [4.69, 9.17) is 9.47 Å². The van der Waals surface area contributed by atoms with Crippen LogP contribution in [0.1, 0.15) is 11.8 Å². The molecular weight excluding hydrogens is 338 g/mol. The first-order valence-electron chi connectivity index (χ1n) is 7.95. The van der Waals surface area contributed by atoms with Crippen LogP contribution in [0.2, 0.25) is 0 Å². The van der Waals surface area contributed by atoms with Crippen molar-refractivity contribution >= 4 is 23.1 Å². The number of carbonyl (C=O) groups is 1. The second-order valence-corrected chi connectivity index (χ2v) is 7.16. The molecule has 128 valence electrons. The van der Waals surface area contributed by atoms with Crippen molar-refractivity contribution < 1.29 is 14.3 Å². The zero-order valence-electron chi connectivity index (χ0n) is 13.8. The SMILES string of the molecule is Cc1ccc(-c2cc(NC(=O)C3Oc4ccccc4OC3C)n[nH]2)s1. The number of para-hydroxylation sites is 2. The van der Waals surface area contributed by atoms with E-state index in [1.807, 2.05) is 50.2 Å². The molecule has 0 fully saturated rings. The van der Waals surface area contributed by atoms with Gasteiger partial charge in [0.2, 0.25) is 6.10 Å². The summed E-state index contributed by atoms with van der Waals surface area (Å²) in [5.41, 5.74) is 0.868. The number of nitrogens with one attached hydrogen (secondary N) is 2. The van der Waals surface area contributed by atoms with E-state index in [0.717, 1.165) is 10.6 Å². The normalized spacial score (nSPS) is 18.8. The van der Waals surface area contributed by atoms with Gasteiger partial charge in [0.05, 0.1) is 10.6 Å². The molecule has 1 amide bonds. The minimum Gasteiger partial charge on any atom is -0.482 e. The Morgan fingerprint density at radius 2 is 1.96 bits per heavy atom. The van der Waals surface area contributed by atoms with Crippen molar-refractivity contribution in [3.63, 3.8) is 0 Å². The van der Waals surface area contributed by atoms with Gasteiger partial charge >= 0.3 is 0 Å². The molecule has 25 heavy (non-hydrogen) atoms. The van der Waals surface area contributed by atoms with Gasteiger partial charge in [-0.2, -0.15) is 5.10 Å². The molecule has 1 aliphatic heterocycles. The first-order chi connectivity index (χ1) is 12.1. The molecule has 1 aliphatic rings. The van der Waals surface area contributed by atoms with E-state index < -0.39 is 12.2 Å². The average molecular weight is 355 g/mol. The Bertz CT molecular complexity index is 918. The maximum Gasteiger partial charge on any atom is 0.270 e. The minimum atomic E-state index is -0.737. The van der Waals surface area contributed by atoms with Gasteiger partial charge in [-0.1, -0.05) is 12.1 Å². The number of carbonyl (C=O) groups excluding carboxylic acids is 1. The highest BCUT2D eigenvalue weighted by Gasteiger charge is 2.34. The summed E-state index contributed by atoms with van der Waals surface area (Å²) in [7, 11) is 0. The van der Waals surface area contributed by atoms with E-state index in [9.17, 15) is 4.79 Å². The molecule has 6 nitrogen and oxygen atoms in total. The number of benzene rings is 1. The topological polar surface area (TPSA) is 76.2 Å². The van der Waals surface area contributed by atoms with Crippen LogP contribution in [0.3, 0.4) is 0 Å². The minimum absolute atomic E-state index is 0.289. The lowest BCUT2D eigenvalue weighted by Crippen LogP contribution is -2.46. The number of nitrogens with zero attached hydrogens (tertiary/aromatic N) is 1. The molecule has 1 aromatic carbocycles. The summed E-state index contributed by atoms with van der Waals surface area (Å²) >= 11 is 1.67. The molecule has 7 heteroatoms. The third-order valence-electron chi connectivity index (χ3n) is 3.94. The van der Waals surface area contributed by atoms with E-state index in [-0.39, 0.29) is 5.91 Å². The summed E-state index contributed by atoms with van der Waals surface area (Å²) in [6, 6.07) is 13.2. The van der Waals surface area contributed by atoms with Crippen LogP contribution in [0.4, 0.5) is 5.82 Å². The lowest BCUT2D eigenvalue weighted by atomic mass is 10.1. The van der Waals surface area contributed by atoms with Crippen LogP contribution in [0.5, 0.6) is 11.5 Å². The molecule has 3 aromatic rings. The van der Waals surface area contributed by atoms with Gasteiger partial charge in [0.15, 0.2) is 17.3 Å². The van der Waals surface area contributed by atoms with Gasteiger partial charge in [-0.05, 0) is 38.1 Å². The molecule has 0 saturated heterocycles. The number of H-pyrrole nitrogens is 1. The van der Waals surface area contributed by atoms with Gasteiger partial charge in [-0.3, -0.25) is 9.89 Å². The van der Waals surface area contributed by atoms with Crippen molar-refractivity contribution in [2.75, 3.05) is 5.32 Å². The van der Waals surface area contributed by atoms with Crippen LogP contribution < -0.4 is 14.8 Å². The van der Waals surface area contributed by atoms with E-state index in [2.05, 4.69) is 15.5 Å². The van der Waals surface area contributed by atoms with Crippen LogP contribution in [0, 0.1) is 6.92 Å². The predicted octanol–water partition coefficient (Wildman–Crippen LogP) is 3.61. The second kappa shape index (κ2) is 6.25. The molecule has 2 N–H and O–H groups in total. The van der Waals surface area contributed by atoms with Crippen molar-refractivity contribution in [2.24, 2.45) is 0 Å². The monoisotopic (exact) mass is 355 g/mol. The fourth-order valence-electron chi connectivity index (χ4n) is 2.69. The number of anilines is 1. The van der Waals surface area contributed by atoms with Crippen LogP contribution in [0.25, 0.3) is 10.6 Å². The van der Waals surface area contributed by atoms with Gasteiger partial charge in [0.25, 0.3) is 5.91 Å². The Morgan fingerprint density at radius 3 is 2.68 bits per heavy atom. The maximum atomic E-state index is 12.6. The molecule has 0 radical (unpaired) electrons. The molecule has 4 rings (SSSR count). The number of rotatable bonds is 3. The first-order valence-corrected chi connectivity index (χ1v) is 8.77. The van der Waals surface area contributed by atoms with E-state index in [0.29, 0.717) is 17.3 Å². The van der Waals surface area contributed by atoms with Crippen molar-refractivity contribution in [1.29, 1.82) is 0 Å². The Balaban J connectivity index is 1.48. The fourth-order valence-corrected chi connectivity index (χ4v) is 3.53. The van der Waals surface area contributed by atoms with Crippen LogP contribution in [0.15, 0.2) is 42.5 Å². The molecule has 0 bridgehead atoms. The van der Waals surface area contributed by atoms with Gasteiger partial charge < -0.3 is 14.8 Å². The molecule has 2 atom stereocenters. The Hall–Kier alpha value is -2.80. The third-order valence-corrected chi connectivity index (χ3v) is 4.97. The lowest BCUT2D eigenvalue weighted by molar-refractivity contribution is -0.128. The number of ether oxygens (including phenoxy) is 2. The van der Waals surface area contributed by atoms with E-state index in [1.54, 1.807) is 17.4 Å². The third kappa shape index (κ3) is 3.10. The summed E-state index contributed by atoms with van der Waals surface area (Å²) < 4.78 is 11.6. The number of thiophene rings is 1. The number of amides is 1. The number of hydrogen-bond acceptors (Lipinski definition) is 5. The summed E-state index contributed by atoms with van der Waals surface area (Å²) in [6.45, 7) is 3.86. The first kappa shape index (κ1) is 15.7. The Kier molecular flexibility index (Phi) is 3.93. The van der Waals surface area contributed by atoms with Gasteiger partial charge in [0.1, 0.15) is 6.10 Å². The summed E-state index contributed by atoms with van der Waals surface area (Å²) in [4.78, 5) is 14.9. The van der Waals surface area contributed by atoms with Crippen LogP contribution >= 0.6 is 11.3 Å². The van der Waals surface area contributed by atoms with Crippen molar-refractivity contribution in [2.45, 2.75) is 26.1 Å². The van der Waals surface area contributed by atoms with Crippen LogP contribution in [-0.2, 0) is 4.79 Å². The predicted molar refractivity (Wildman–Crippen MR) is 96.2 cm³/mol. The Labute approximate surface area is 148 Å². The fraction of sp³-hybridized carbons (Fsp3) is 0.222. The van der Waals surface area contributed by atoms with E-state index in [1.165, 1.54) is 4.88 Å². The highest BCUT2D eigenvalue weighted by atomic mass is 32.1. The summed E-state index contributed by atoms with van der Waals surface area (Å²) in [6.07, 6.45) is -1.13. The van der Waals surface area contributed by atoms with E-state index >= 15 is 0 Å². The van der Waals surface area contributed by atoms with Gasteiger partial charge in [0, 0.05) is 10.9 Å². The molecule has 2 unspecified atom stereocenters. The largest absolute Gasteiger partial charge is 0.482 e. The molecule has 0 saturated carbocycles. The van der Waals surface area contributed by atoms with Crippen molar-refractivity contribution in [1.82, 2.24) is 10.2 Å². The average Bonchev–Trinajstić information content (AvgIpc) is 3.23. The smallest absolute Gasteiger partial charge is 0.270 e. The Morgan fingerprint density at radius 1 is 1.20 bits per heavy atom. The maximum absolute atomic E-state index is 12.6. The standard InChI is InChI=1S/C18H17N3O3S/c1-10-7-8-15(25-10)12-9-16(21-20-12)19-18(22)17-11(2)23-13-5-3-4-6-14(13)24-17/h3-9,11,17H,1-2H3,(H2,19,20,21,22). The number of aromatic amines is 1. The van der Waals surface area contributed by atoms with Crippen LogP contribution in [-0.4, -0.2) is 28.3 Å². The molecular formula is C18H17N3O3S. The zero-order chi connectivity index (χ0) is 17.4. The van der Waals surface area contributed by atoms with Crippen molar-refractivity contribution in [3.8, 4) is 22.1 Å². The van der Waals surface area contributed by atoms with Gasteiger partial charge in [-0.15, -0.1) is 11.3 Å².